The first kappa shape index (κ1) is 15.3. The molecule has 2 aromatic rings. The lowest BCUT2D eigenvalue weighted by molar-refractivity contribution is -0.137. The topological polar surface area (TPSA) is 64.1 Å². The summed E-state index contributed by atoms with van der Waals surface area (Å²) in [7, 11) is 0. The number of nitrogens with one attached hydrogen (secondary N) is 1. The molecule has 8 heteroatoms. The molecular weight excluding hydrogens is 303 g/mol. The van der Waals surface area contributed by atoms with Crippen LogP contribution in [0.2, 0.25) is 0 Å². The smallest absolute Gasteiger partial charge is 0.417 e. The third-order valence-electron chi connectivity index (χ3n) is 2.70. The summed E-state index contributed by atoms with van der Waals surface area (Å²) in [5.74, 6) is 1.02. The number of benzene rings is 1. The molecule has 0 saturated heterocycles. The van der Waals surface area contributed by atoms with Gasteiger partial charge in [0.2, 0.25) is 5.89 Å². The van der Waals surface area contributed by atoms with E-state index in [0.29, 0.717) is 11.7 Å². The summed E-state index contributed by atoms with van der Waals surface area (Å²) >= 11 is 4.64. The summed E-state index contributed by atoms with van der Waals surface area (Å²) in [5.41, 5.74) is 4.52. The van der Waals surface area contributed by atoms with Gasteiger partial charge < -0.3 is 15.5 Å². The molecule has 0 unspecified atom stereocenters. The van der Waals surface area contributed by atoms with E-state index in [1.54, 1.807) is 6.92 Å². The Hall–Kier alpha value is -2.09. The molecule has 0 bridgehead atoms. The maximum atomic E-state index is 13.0. The molecule has 3 N–H and O–H groups in total. The second-order valence-corrected chi connectivity index (χ2v) is 4.78. The summed E-state index contributed by atoms with van der Waals surface area (Å²) in [4.78, 5) is 3.66. The molecule has 1 heterocycles. The maximum Gasteiger partial charge on any atom is 0.417 e. The molecule has 0 radical (unpaired) electrons. The van der Waals surface area contributed by atoms with E-state index in [1.165, 1.54) is 18.3 Å². The Morgan fingerprint density at radius 2 is 2.14 bits per heavy atom. The monoisotopic (exact) mass is 315 g/mol. The van der Waals surface area contributed by atoms with Crippen LogP contribution in [-0.4, -0.2) is 9.97 Å². The summed E-state index contributed by atoms with van der Waals surface area (Å²) in [6.07, 6.45) is -3.00. The van der Waals surface area contributed by atoms with Crippen LogP contribution in [0.1, 0.15) is 22.8 Å². The Balaban J connectivity index is 2.23. The summed E-state index contributed by atoms with van der Waals surface area (Å²) in [6.45, 7) is 1.91. The SMILES string of the molecule is Cc1cnc(CNc2ccc(C(N)=S)c(C(F)(F)F)c2)o1. The number of nitrogens with zero attached hydrogens (tertiary/aromatic N) is 1. The Labute approximate surface area is 124 Å². The molecule has 2 rings (SSSR count). The minimum atomic E-state index is -4.53. The number of alkyl halides is 3. The fraction of sp³-hybridized carbons (Fsp3) is 0.231. The number of thiocarbonyl (C=S) groups is 1. The molecule has 21 heavy (non-hydrogen) atoms. The van der Waals surface area contributed by atoms with Gasteiger partial charge in [0.05, 0.1) is 18.3 Å². The Morgan fingerprint density at radius 3 is 2.67 bits per heavy atom. The van der Waals surface area contributed by atoms with Crippen molar-refractivity contribution in [1.82, 2.24) is 4.98 Å². The molecule has 112 valence electrons. The van der Waals surface area contributed by atoms with E-state index in [-0.39, 0.29) is 22.8 Å². The van der Waals surface area contributed by atoms with Gasteiger partial charge in [0.1, 0.15) is 10.7 Å². The zero-order chi connectivity index (χ0) is 15.6. The minimum Gasteiger partial charge on any atom is -0.444 e. The number of aryl methyl sites for hydroxylation is 1. The van der Waals surface area contributed by atoms with Gasteiger partial charge in [-0.2, -0.15) is 13.2 Å². The van der Waals surface area contributed by atoms with Crippen molar-refractivity contribution in [3.8, 4) is 0 Å². The maximum absolute atomic E-state index is 13.0. The minimum absolute atomic E-state index is 0.178. The van der Waals surface area contributed by atoms with E-state index in [1.807, 2.05) is 0 Å². The quantitative estimate of drug-likeness (QED) is 0.848. The zero-order valence-electron chi connectivity index (χ0n) is 11.0. The molecule has 0 amide bonds. The van der Waals surface area contributed by atoms with Crippen molar-refractivity contribution in [2.24, 2.45) is 5.73 Å². The van der Waals surface area contributed by atoms with Crippen LogP contribution in [0.4, 0.5) is 18.9 Å². The standard InChI is InChI=1S/C13H12F3N3OS/c1-7-5-19-11(20-7)6-18-8-2-3-9(12(17)21)10(4-8)13(14,15)16/h2-5,18H,6H2,1H3,(H2,17,21). The number of hydrogen-bond acceptors (Lipinski definition) is 4. The van der Waals surface area contributed by atoms with Gasteiger partial charge in [-0.1, -0.05) is 12.2 Å². The predicted molar refractivity (Wildman–Crippen MR) is 75.9 cm³/mol. The van der Waals surface area contributed by atoms with Gasteiger partial charge in [0.25, 0.3) is 0 Å². The van der Waals surface area contributed by atoms with Crippen molar-refractivity contribution >= 4 is 22.9 Å². The van der Waals surface area contributed by atoms with Crippen LogP contribution in [0.25, 0.3) is 0 Å². The first-order valence-electron chi connectivity index (χ1n) is 5.93. The average Bonchev–Trinajstić information content (AvgIpc) is 2.81. The number of halogens is 3. The molecular formula is C13H12F3N3OS. The Bertz CT molecular complexity index is 667. The van der Waals surface area contributed by atoms with Gasteiger partial charge in [0, 0.05) is 11.3 Å². The molecule has 1 aromatic heterocycles. The van der Waals surface area contributed by atoms with Gasteiger partial charge in [-0.25, -0.2) is 4.98 Å². The molecule has 0 fully saturated rings. The van der Waals surface area contributed by atoms with Crippen LogP contribution in [0.3, 0.4) is 0 Å². The van der Waals surface area contributed by atoms with Gasteiger partial charge >= 0.3 is 6.18 Å². The Kier molecular flexibility index (Phi) is 4.17. The van der Waals surface area contributed by atoms with Gasteiger partial charge in [-0.05, 0) is 25.1 Å². The second-order valence-electron chi connectivity index (χ2n) is 4.34. The normalized spacial score (nSPS) is 11.4. The summed E-state index contributed by atoms with van der Waals surface area (Å²) < 4.78 is 44.2. The summed E-state index contributed by atoms with van der Waals surface area (Å²) in [5, 5.41) is 2.81. The lowest BCUT2D eigenvalue weighted by Crippen LogP contribution is -2.18. The Morgan fingerprint density at radius 1 is 1.43 bits per heavy atom. The van der Waals surface area contributed by atoms with Crippen LogP contribution < -0.4 is 11.1 Å². The van der Waals surface area contributed by atoms with Crippen molar-refractivity contribution in [3.05, 3.63) is 47.2 Å². The predicted octanol–water partition coefficient (Wildman–Crippen LogP) is 3.25. The number of anilines is 1. The van der Waals surface area contributed by atoms with E-state index in [0.717, 1.165) is 6.07 Å². The third kappa shape index (κ3) is 3.72. The van der Waals surface area contributed by atoms with Gasteiger partial charge in [0.15, 0.2) is 0 Å². The van der Waals surface area contributed by atoms with E-state index in [4.69, 9.17) is 10.2 Å². The first-order chi connectivity index (χ1) is 9.77. The van der Waals surface area contributed by atoms with Crippen molar-refractivity contribution < 1.29 is 17.6 Å². The number of hydrogen-bond donors (Lipinski definition) is 2. The van der Waals surface area contributed by atoms with E-state index in [9.17, 15) is 13.2 Å². The van der Waals surface area contributed by atoms with Crippen molar-refractivity contribution in [2.75, 3.05) is 5.32 Å². The second kappa shape index (κ2) is 5.72. The lowest BCUT2D eigenvalue weighted by Gasteiger charge is -2.14. The molecule has 4 nitrogen and oxygen atoms in total. The highest BCUT2D eigenvalue weighted by atomic mass is 32.1. The van der Waals surface area contributed by atoms with Crippen molar-refractivity contribution in [2.45, 2.75) is 19.6 Å². The molecule has 0 aliphatic rings. The van der Waals surface area contributed by atoms with E-state index in [2.05, 4.69) is 22.5 Å². The zero-order valence-corrected chi connectivity index (χ0v) is 11.8. The number of nitrogens with two attached hydrogens (primary N) is 1. The van der Waals surface area contributed by atoms with Crippen LogP contribution in [0, 0.1) is 6.92 Å². The largest absolute Gasteiger partial charge is 0.444 e. The molecule has 1 aromatic carbocycles. The highest BCUT2D eigenvalue weighted by Gasteiger charge is 2.34. The van der Waals surface area contributed by atoms with E-state index >= 15 is 0 Å². The average molecular weight is 315 g/mol. The summed E-state index contributed by atoms with van der Waals surface area (Å²) in [6, 6.07) is 3.68. The molecule has 0 atom stereocenters. The van der Waals surface area contributed by atoms with Crippen molar-refractivity contribution in [3.63, 3.8) is 0 Å². The fourth-order valence-electron chi connectivity index (χ4n) is 1.76. The van der Waals surface area contributed by atoms with E-state index < -0.39 is 11.7 Å². The van der Waals surface area contributed by atoms with Gasteiger partial charge in [-0.15, -0.1) is 0 Å². The highest BCUT2D eigenvalue weighted by molar-refractivity contribution is 7.80. The third-order valence-corrected chi connectivity index (χ3v) is 2.92. The van der Waals surface area contributed by atoms with Crippen LogP contribution >= 0.6 is 12.2 Å². The van der Waals surface area contributed by atoms with Crippen LogP contribution in [-0.2, 0) is 12.7 Å². The highest BCUT2D eigenvalue weighted by Crippen LogP contribution is 2.33. The van der Waals surface area contributed by atoms with Crippen molar-refractivity contribution in [1.29, 1.82) is 0 Å². The van der Waals surface area contributed by atoms with Crippen LogP contribution in [0.15, 0.2) is 28.8 Å². The number of oxazole rings is 1. The van der Waals surface area contributed by atoms with Crippen LogP contribution in [0.5, 0.6) is 0 Å². The first-order valence-corrected chi connectivity index (χ1v) is 6.34. The lowest BCUT2D eigenvalue weighted by atomic mass is 10.1. The molecule has 0 saturated carbocycles. The number of aromatic nitrogens is 1. The molecule has 0 spiro atoms. The number of rotatable bonds is 4. The van der Waals surface area contributed by atoms with Gasteiger partial charge in [-0.3, -0.25) is 0 Å². The fourth-order valence-corrected chi connectivity index (χ4v) is 1.94. The molecule has 0 aliphatic carbocycles. The molecule has 0 aliphatic heterocycles.